The largest absolute Gasteiger partial charge is 0.433 e. The fourth-order valence-electron chi connectivity index (χ4n) is 2.05. The Balaban J connectivity index is 2.92. The number of ether oxygens (including phenoxy) is 1. The zero-order chi connectivity index (χ0) is 15.1. The van der Waals surface area contributed by atoms with Crippen LogP contribution in [0.4, 0.5) is 5.88 Å². The molecule has 0 aromatic carbocycles. The summed E-state index contributed by atoms with van der Waals surface area (Å²) in [6.07, 6.45) is 1.60. The second-order valence-corrected chi connectivity index (χ2v) is 4.36. The van der Waals surface area contributed by atoms with Crippen molar-refractivity contribution in [3.05, 3.63) is 28.0 Å². The van der Waals surface area contributed by atoms with Gasteiger partial charge >= 0.3 is 5.88 Å². The standard InChI is InChI=1S/C13H20N2O5/c1-4-10(5-2)14(8-9-19-3)13(16)11-6-7-12(20-11)15(17)18/h6-7,10H,4-5,8-9H2,1-3H3. The van der Waals surface area contributed by atoms with Gasteiger partial charge in [0.05, 0.1) is 12.7 Å². The van der Waals surface area contributed by atoms with E-state index in [2.05, 4.69) is 0 Å². The third kappa shape index (κ3) is 3.80. The molecule has 1 amide bonds. The molecule has 0 saturated carbocycles. The van der Waals surface area contributed by atoms with Crippen molar-refractivity contribution in [2.45, 2.75) is 32.7 Å². The zero-order valence-electron chi connectivity index (χ0n) is 12.0. The number of methoxy groups -OCH3 is 1. The Labute approximate surface area is 117 Å². The Morgan fingerprint density at radius 1 is 1.45 bits per heavy atom. The number of carbonyl (C=O) groups is 1. The molecule has 1 rings (SSSR count). The lowest BCUT2D eigenvalue weighted by Crippen LogP contribution is -2.41. The van der Waals surface area contributed by atoms with Crippen LogP contribution in [0, 0.1) is 10.1 Å². The fourth-order valence-corrected chi connectivity index (χ4v) is 2.05. The fraction of sp³-hybridized carbons (Fsp3) is 0.615. The van der Waals surface area contributed by atoms with Crippen LogP contribution in [0.1, 0.15) is 37.2 Å². The number of furan rings is 1. The highest BCUT2D eigenvalue weighted by Gasteiger charge is 2.26. The Kier molecular flexibility index (Phi) is 6.17. The first-order chi connectivity index (χ1) is 9.54. The van der Waals surface area contributed by atoms with Gasteiger partial charge in [0.1, 0.15) is 4.92 Å². The van der Waals surface area contributed by atoms with Gasteiger partial charge in [0, 0.05) is 19.7 Å². The van der Waals surface area contributed by atoms with Gasteiger partial charge in [-0.05, 0) is 18.9 Å². The molecule has 0 fully saturated rings. The average molecular weight is 284 g/mol. The summed E-state index contributed by atoms with van der Waals surface area (Å²) >= 11 is 0. The van der Waals surface area contributed by atoms with Gasteiger partial charge in [-0.1, -0.05) is 13.8 Å². The normalized spacial score (nSPS) is 10.8. The van der Waals surface area contributed by atoms with Crippen LogP contribution >= 0.6 is 0 Å². The van der Waals surface area contributed by atoms with Crippen molar-refractivity contribution in [1.29, 1.82) is 0 Å². The number of nitrogens with zero attached hydrogens (tertiary/aromatic N) is 2. The molecule has 1 aromatic heterocycles. The lowest BCUT2D eigenvalue weighted by atomic mass is 10.1. The van der Waals surface area contributed by atoms with Gasteiger partial charge in [-0.15, -0.1) is 0 Å². The summed E-state index contributed by atoms with van der Waals surface area (Å²) in [5.41, 5.74) is 0. The third-order valence-electron chi connectivity index (χ3n) is 3.16. The van der Waals surface area contributed by atoms with Crippen molar-refractivity contribution in [3.8, 4) is 0 Å². The second-order valence-electron chi connectivity index (χ2n) is 4.36. The molecule has 0 N–H and O–H groups in total. The summed E-state index contributed by atoms with van der Waals surface area (Å²) in [6, 6.07) is 2.58. The molecule has 0 radical (unpaired) electrons. The Morgan fingerprint density at radius 3 is 2.55 bits per heavy atom. The Hall–Kier alpha value is -1.89. The molecule has 20 heavy (non-hydrogen) atoms. The lowest BCUT2D eigenvalue weighted by molar-refractivity contribution is -0.402. The molecule has 0 atom stereocenters. The predicted molar refractivity (Wildman–Crippen MR) is 72.6 cm³/mol. The van der Waals surface area contributed by atoms with Crippen molar-refractivity contribution in [3.63, 3.8) is 0 Å². The molecular formula is C13H20N2O5. The molecule has 7 heteroatoms. The molecule has 0 spiro atoms. The highest BCUT2D eigenvalue weighted by Crippen LogP contribution is 2.19. The summed E-state index contributed by atoms with van der Waals surface area (Å²) in [7, 11) is 1.56. The molecule has 112 valence electrons. The summed E-state index contributed by atoms with van der Waals surface area (Å²) in [5.74, 6) is -0.784. The van der Waals surface area contributed by atoms with E-state index in [1.165, 1.54) is 12.1 Å². The van der Waals surface area contributed by atoms with Crippen molar-refractivity contribution < 1.29 is 18.9 Å². The van der Waals surface area contributed by atoms with Crippen LogP contribution in [-0.2, 0) is 4.74 Å². The summed E-state index contributed by atoms with van der Waals surface area (Å²) < 4.78 is 9.98. The van der Waals surface area contributed by atoms with Crippen molar-refractivity contribution in [2.75, 3.05) is 20.3 Å². The van der Waals surface area contributed by atoms with E-state index < -0.39 is 10.8 Å². The maximum atomic E-state index is 12.4. The number of hydrogen-bond acceptors (Lipinski definition) is 5. The van der Waals surface area contributed by atoms with Gasteiger partial charge in [0.2, 0.25) is 0 Å². The van der Waals surface area contributed by atoms with E-state index >= 15 is 0 Å². The van der Waals surface area contributed by atoms with Gasteiger partial charge in [-0.2, -0.15) is 0 Å². The number of rotatable bonds is 8. The topological polar surface area (TPSA) is 85.8 Å². The van der Waals surface area contributed by atoms with Crippen LogP contribution in [0.3, 0.4) is 0 Å². The van der Waals surface area contributed by atoms with Gasteiger partial charge in [0.25, 0.3) is 5.91 Å². The minimum atomic E-state index is -0.659. The van der Waals surface area contributed by atoms with E-state index in [0.29, 0.717) is 13.2 Å². The summed E-state index contributed by atoms with van der Waals surface area (Å²) in [5, 5.41) is 10.6. The van der Waals surface area contributed by atoms with Crippen LogP contribution in [0.5, 0.6) is 0 Å². The third-order valence-corrected chi connectivity index (χ3v) is 3.16. The van der Waals surface area contributed by atoms with Crippen molar-refractivity contribution in [1.82, 2.24) is 4.90 Å². The number of carbonyl (C=O) groups excluding carboxylic acids is 1. The van der Waals surface area contributed by atoms with E-state index in [1.54, 1.807) is 12.0 Å². The summed E-state index contributed by atoms with van der Waals surface area (Å²) in [6.45, 7) is 4.82. The SMILES string of the molecule is CCC(CC)N(CCOC)C(=O)c1ccc([N+](=O)[O-])o1. The minimum absolute atomic E-state index is 0.0142. The predicted octanol–water partition coefficient (Wildman–Crippen LogP) is 2.47. The molecule has 0 bridgehead atoms. The first-order valence-corrected chi connectivity index (χ1v) is 6.59. The average Bonchev–Trinajstić information content (AvgIpc) is 2.92. The number of amides is 1. The first-order valence-electron chi connectivity index (χ1n) is 6.59. The van der Waals surface area contributed by atoms with E-state index in [-0.39, 0.29) is 17.7 Å². The highest BCUT2D eigenvalue weighted by molar-refractivity contribution is 5.92. The molecule has 0 aliphatic rings. The van der Waals surface area contributed by atoms with Gasteiger partial charge in [0.15, 0.2) is 5.76 Å². The van der Waals surface area contributed by atoms with Gasteiger partial charge in [-0.25, -0.2) is 0 Å². The maximum absolute atomic E-state index is 12.4. The van der Waals surface area contributed by atoms with Crippen molar-refractivity contribution in [2.24, 2.45) is 0 Å². The van der Waals surface area contributed by atoms with Crippen LogP contribution in [-0.4, -0.2) is 42.0 Å². The first kappa shape index (κ1) is 16.2. The molecule has 0 aliphatic heterocycles. The zero-order valence-corrected chi connectivity index (χ0v) is 12.0. The monoisotopic (exact) mass is 284 g/mol. The van der Waals surface area contributed by atoms with E-state index in [4.69, 9.17) is 9.15 Å². The second kappa shape index (κ2) is 7.64. The van der Waals surface area contributed by atoms with Crippen LogP contribution < -0.4 is 0 Å². The molecule has 1 heterocycles. The molecule has 7 nitrogen and oxygen atoms in total. The molecule has 0 unspecified atom stereocenters. The van der Waals surface area contributed by atoms with Crippen LogP contribution in [0.2, 0.25) is 0 Å². The molecule has 1 aromatic rings. The maximum Gasteiger partial charge on any atom is 0.433 e. The quantitative estimate of drug-likeness (QED) is 0.540. The Bertz CT molecular complexity index is 453. The van der Waals surface area contributed by atoms with Crippen molar-refractivity contribution >= 4 is 11.8 Å². The smallest absolute Gasteiger partial charge is 0.395 e. The molecular weight excluding hydrogens is 264 g/mol. The Morgan fingerprint density at radius 2 is 2.10 bits per heavy atom. The van der Waals surface area contributed by atoms with E-state index in [9.17, 15) is 14.9 Å². The van der Waals surface area contributed by atoms with E-state index in [1.807, 2.05) is 13.8 Å². The molecule has 0 saturated heterocycles. The van der Waals surface area contributed by atoms with Crippen LogP contribution in [0.25, 0.3) is 0 Å². The van der Waals surface area contributed by atoms with Crippen LogP contribution in [0.15, 0.2) is 16.5 Å². The summed E-state index contributed by atoms with van der Waals surface area (Å²) in [4.78, 5) is 24.0. The highest BCUT2D eigenvalue weighted by atomic mass is 16.6. The van der Waals surface area contributed by atoms with Gasteiger partial charge in [-0.3, -0.25) is 14.9 Å². The van der Waals surface area contributed by atoms with Gasteiger partial charge < -0.3 is 14.1 Å². The molecule has 0 aliphatic carbocycles. The van der Waals surface area contributed by atoms with E-state index in [0.717, 1.165) is 12.8 Å². The lowest BCUT2D eigenvalue weighted by Gasteiger charge is -2.29. The minimum Gasteiger partial charge on any atom is -0.395 e. The number of hydrogen-bond donors (Lipinski definition) is 0. The number of nitro groups is 1.